The molecular formula is C24H25Cl2NO2. The maximum atomic E-state index is 13.4. The first kappa shape index (κ1) is 21.6. The Morgan fingerprint density at radius 3 is 2.45 bits per heavy atom. The average molecular weight is 430 g/mol. The minimum atomic E-state index is -0.488. The fourth-order valence-electron chi connectivity index (χ4n) is 4.31. The lowest BCUT2D eigenvalue weighted by molar-refractivity contribution is -0.148. The fourth-order valence-corrected chi connectivity index (χ4v) is 4.64. The van der Waals surface area contributed by atoms with Gasteiger partial charge in [-0.15, -0.1) is 6.58 Å². The van der Waals surface area contributed by atoms with Crippen molar-refractivity contribution in [2.75, 3.05) is 0 Å². The van der Waals surface area contributed by atoms with Crippen LogP contribution in [0.1, 0.15) is 49.3 Å². The lowest BCUT2D eigenvalue weighted by atomic mass is 9.74. The number of hydrogen-bond acceptors (Lipinski definition) is 2. The summed E-state index contributed by atoms with van der Waals surface area (Å²) in [6.45, 7) is 5.75. The molecule has 1 saturated heterocycles. The Balaban J connectivity index is 2.17. The van der Waals surface area contributed by atoms with Crippen LogP contribution in [0.15, 0.2) is 61.2 Å². The van der Waals surface area contributed by atoms with Gasteiger partial charge in [0.1, 0.15) is 6.29 Å². The van der Waals surface area contributed by atoms with Crippen LogP contribution in [0.5, 0.6) is 0 Å². The van der Waals surface area contributed by atoms with Crippen molar-refractivity contribution < 1.29 is 9.59 Å². The molecule has 0 N–H and O–H groups in total. The quantitative estimate of drug-likeness (QED) is 0.386. The second-order valence-electron chi connectivity index (χ2n) is 7.47. The van der Waals surface area contributed by atoms with Crippen LogP contribution >= 0.6 is 23.2 Å². The van der Waals surface area contributed by atoms with E-state index in [-0.39, 0.29) is 23.8 Å². The van der Waals surface area contributed by atoms with Crippen molar-refractivity contribution in [3.63, 3.8) is 0 Å². The molecule has 29 heavy (non-hydrogen) atoms. The Kier molecular flexibility index (Phi) is 7.15. The number of hydrogen-bond donors (Lipinski definition) is 0. The molecule has 1 amide bonds. The van der Waals surface area contributed by atoms with Gasteiger partial charge in [0.05, 0.1) is 12.1 Å². The molecule has 1 aliphatic rings. The fraction of sp³-hybridized carbons (Fsp3) is 0.333. The summed E-state index contributed by atoms with van der Waals surface area (Å²) in [5, 5.41) is 1.29. The SMILES string of the molecule is C=CCC1CC(c2cccc(Cl)c2)C(c2ccc(Cl)cc2)N(C(C=O)CC)C1=O. The van der Waals surface area contributed by atoms with Gasteiger partial charge in [-0.25, -0.2) is 0 Å². The zero-order chi connectivity index (χ0) is 21.0. The molecule has 2 aromatic carbocycles. The van der Waals surface area contributed by atoms with Gasteiger partial charge in [-0.05, 0) is 54.7 Å². The smallest absolute Gasteiger partial charge is 0.227 e. The molecule has 4 atom stereocenters. The van der Waals surface area contributed by atoms with Crippen molar-refractivity contribution in [3.8, 4) is 0 Å². The van der Waals surface area contributed by atoms with Gasteiger partial charge in [0, 0.05) is 21.9 Å². The molecule has 5 heteroatoms. The predicted molar refractivity (Wildman–Crippen MR) is 118 cm³/mol. The Bertz CT molecular complexity index is 881. The molecule has 152 valence electrons. The molecule has 4 unspecified atom stereocenters. The number of rotatable bonds is 7. The van der Waals surface area contributed by atoms with Crippen molar-refractivity contribution in [2.45, 2.75) is 44.2 Å². The minimum Gasteiger partial charge on any atom is -0.325 e. The molecule has 2 aromatic rings. The van der Waals surface area contributed by atoms with E-state index in [1.54, 1.807) is 11.0 Å². The maximum absolute atomic E-state index is 13.4. The molecule has 3 rings (SSSR count). The minimum absolute atomic E-state index is 0.00192. The van der Waals surface area contributed by atoms with E-state index in [1.807, 2.05) is 55.5 Å². The summed E-state index contributed by atoms with van der Waals surface area (Å²) in [6, 6.07) is 14.5. The monoisotopic (exact) mass is 429 g/mol. The van der Waals surface area contributed by atoms with Crippen molar-refractivity contribution in [3.05, 3.63) is 82.4 Å². The molecule has 1 aliphatic heterocycles. The number of piperidine rings is 1. The van der Waals surface area contributed by atoms with Crippen LogP contribution in [0.25, 0.3) is 0 Å². The van der Waals surface area contributed by atoms with Crippen LogP contribution in [0.3, 0.4) is 0 Å². The van der Waals surface area contributed by atoms with Crippen LogP contribution in [-0.4, -0.2) is 23.1 Å². The van der Waals surface area contributed by atoms with E-state index in [4.69, 9.17) is 23.2 Å². The molecule has 1 fully saturated rings. The number of benzene rings is 2. The van der Waals surface area contributed by atoms with Crippen LogP contribution in [0.4, 0.5) is 0 Å². The van der Waals surface area contributed by atoms with E-state index < -0.39 is 6.04 Å². The van der Waals surface area contributed by atoms with Gasteiger partial charge >= 0.3 is 0 Å². The zero-order valence-corrected chi connectivity index (χ0v) is 17.9. The van der Waals surface area contributed by atoms with E-state index in [0.29, 0.717) is 29.3 Å². The molecule has 0 spiro atoms. The Hall–Kier alpha value is -2.10. The molecular weight excluding hydrogens is 405 g/mol. The molecule has 0 saturated carbocycles. The zero-order valence-electron chi connectivity index (χ0n) is 16.4. The highest BCUT2D eigenvalue weighted by Crippen LogP contribution is 2.47. The van der Waals surface area contributed by atoms with Gasteiger partial charge in [0.25, 0.3) is 0 Å². The normalized spacial score (nSPS) is 22.9. The second-order valence-corrected chi connectivity index (χ2v) is 8.34. The van der Waals surface area contributed by atoms with E-state index in [0.717, 1.165) is 17.4 Å². The summed E-state index contributed by atoms with van der Waals surface area (Å²) in [5.74, 6) is -0.206. The number of carbonyl (C=O) groups is 2. The van der Waals surface area contributed by atoms with Gasteiger partial charge in [-0.1, -0.05) is 60.5 Å². The number of halogens is 2. The predicted octanol–water partition coefficient (Wildman–Crippen LogP) is 6.22. The molecule has 0 bridgehead atoms. The summed E-state index contributed by atoms with van der Waals surface area (Å²) in [4.78, 5) is 27.1. The summed E-state index contributed by atoms with van der Waals surface area (Å²) >= 11 is 12.4. The third kappa shape index (κ3) is 4.57. The van der Waals surface area contributed by atoms with E-state index in [9.17, 15) is 9.59 Å². The highest BCUT2D eigenvalue weighted by Gasteiger charge is 2.45. The summed E-state index contributed by atoms with van der Waals surface area (Å²) in [5.41, 5.74) is 2.02. The topological polar surface area (TPSA) is 37.4 Å². The highest BCUT2D eigenvalue weighted by atomic mass is 35.5. The van der Waals surface area contributed by atoms with Gasteiger partial charge < -0.3 is 9.69 Å². The van der Waals surface area contributed by atoms with Crippen LogP contribution < -0.4 is 0 Å². The first-order chi connectivity index (χ1) is 14.0. The lowest BCUT2D eigenvalue weighted by Gasteiger charge is -2.47. The van der Waals surface area contributed by atoms with Crippen LogP contribution in [0.2, 0.25) is 10.0 Å². The van der Waals surface area contributed by atoms with Crippen molar-refractivity contribution in [1.82, 2.24) is 4.90 Å². The first-order valence-electron chi connectivity index (χ1n) is 9.89. The van der Waals surface area contributed by atoms with E-state index >= 15 is 0 Å². The van der Waals surface area contributed by atoms with Crippen molar-refractivity contribution in [2.24, 2.45) is 5.92 Å². The van der Waals surface area contributed by atoms with Crippen LogP contribution in [0, 0.1) is 5.92 Å². The Morgan fingerprint density at radius 2 is 1.86 bits per heavy atom. The van der Waals surface area contributed by atoms with Gasteiger partial charge in [-0.2, -0.15) is 0 Å². The molecule has 0 radical (unpaired) electrons. The highest BCUT2D eigenvalue weighted by molar-refractivity contribution is 6.30. The number of nitrogens with zero attached hydrogens (tertiary/aromatic N) is 1. The Labute approximate surface area is 182 Å². The third-order valence-electron chi connectivity index (χ3n) is 5.70. The van der Waals surface area contributed by atoms with Gasteiger partial charge in [0.15, 0.2) is 0 Å². The number of aldehydes is 1. The summed E-state index contributed by atoms with van der Waals surface area (Å²) in [6.07, 6.45) is 4.47. The van der Waals surface area contributed by atoms with Crippen molar-refractivity contribution in [1.29, 1.82) is 0 Å². The average Bonchev–Trinajstić information content (AvgIpc) is 2.72. The summed E-state index contributed by atoms with van der Waals surface area (Å²) < 4.78 is 0. The maximum Gasteiger partial charge on any atom is 0.227 e. The molecule has 3 nitrogen and oxygen atoms in total. The van der Waals surface area contributed by atoms with Crippen molar-refractivity contribution >= 4 is 35.4 Å². The number of carbonyl (C=O) groups excluding carboxylic acids is 2. The Morgan fingerprint density at radius 1 is 1.14 bits per heavy atom. The third-order valence-corrected chi connectivity index (χ3v) is 6.18. The van der Waals surface area contributed by atoms with E-state index in [2.05, 4.69) is 6.58 Å². The molecule has 0 aromatic heterocycles. The van der Waals surface area contributed by atoms with Gasteiger partial charge in [-0.3, -0.25) is 4.79 Å². The molecule has 1 heterocycles. The standard InChI is InChI=1S/C24H25Cl2NO2/c1-3-6-18-14-22(17-7-5-8-20(26)13-17)23(16-9-11-19(25)12-10-16)27(24(18)29)21(4-2)15-28/h3,5,7-13,15,18,21-23H,1,4,6,14H2,2H3. The summed E-state index contributed by atoms with van der Waals surface area (Å²) in [7, 11) is 0. The van der Waals surface area contributed by atoms with Gasteiger partial charge in [0.2, 0.25) is 5.91 Å². The molecule has 0 aliphatic carbocycles. The lowest BCUT2D eigenvalue weighted by Crippen LogP contribution is -2.52. The number of allylic oxidation sites excluding steroid dienone is 1. The van der Waals surface area contributed by atoms with Crippen LogP contribution in [-0.2, 0) is 9.59 Å². The first-order valence-corrected chi connectivity index (χ1v) is 10.6. The second kappa shape index (κ2) is 9.60. The largest absolute Gasteiger partial charge is 0.325 e. The van der Waals surface area contributed by atoms with E-state index in [1.165, 1.54) is 0 Å². The number of likely N-dealkylation sites (tertiary alicyclic amines) is 1. The number of amides is 1.